The standard InChI is InChI=1S/C10H13N3O5/c1-4-18-10(15)8-5-7(11-6(2)14)9(12(8)3)13(16)17/h5H,4H2,1-3H3,(H,11,14). The lowest BCUT2D eigenvalue weighted by molar-refractivity contribution is -0.390. The van der Waals surface area contributed by atoms with E-state index >= 15 is 0 Å². The van der Waals surface area contributed by atoms with Gasteiger partial charge in [0.15, 0.2) is 0 Å². The van der Waals surface area contributed by atoms with Crippen LogP contribution in [0.25, 0.3) is 0 Å². The van der Waals surface area contributed by atoms with E-state index in [1.807, 2.05) is 0 Å². The molecule has 0 aliphatic carbocycles. The highest BCUT2D eigenvalue weighted by atomic mass is 16.6. The van der Waals surface area contributed by atoms with E-state index in [2.05, 4.69) is 5.32 Å². The number of nitrogens with one attached hydrogen (secondary N) is 1. The quantitative estimate of drug-likeness (QED) is 0.492. The number of esters is 1. The van der Waals surface area contributed by atoms with Crippen molar-refractivity contribution in [1.82, 2.24) is 4.57 Å². The summed E-state index contributed by atoms with van der Waals surface area (Å²) in [5, 5.41) is 13.2. The molecule has 0 radical (unpaired) electrons. The zero-order valence-electron chi connectivity index (χ0n) is 10.2. The van der Waals surface area contributed by atoms with Crippen molar-refractivity contribution in [2.45, 2.75) is 13.8 Å². The molecule has 0 fully saturated rings. The van der Waals surface area contributed by atoms with Crippen LogP contribution in [-0.2, 0) is 16.6 Å². The van der Waals surface area contributed by atoms with Gasteiger partial charge in [0.05, 0.1) is 13.7 Å². The maximum Gasteiger partial charge on any atom is 0.378 e. The summed E-state index contributed by atoms with van der Waals surface area (Å²) in [5.41, 5.74) is -0.0228. The van der Waals surface area contributed by atoms with Crippen LogP contribution in [0, 0.1) is 10.1 Å². The summed E-state index contributed by atoms with van der Waals surface area (Å²) < 4.78 is 5.84. The zero-order valence-corrected chi connectivity index (χ0v) is 10.2. The molecule has 0 unspecified atom stereocenters. The van der Waals surface area contributed by atoms with Gasteiger partial charge in [-0.3, -0.25) is 4.79 Å². The van der Waals surface area contributed by atoms with E-state index in [9.17, 15) is 19.7 Å². The minimum atomic E-state index is -0.681. The van der Waals surface area contributed by atoms with Crippen LogP contribution in [-0.4, -0.2) is 28.0 Å². The summed E-state index contributed by atoms with van der Waals surface area (Å²) in [5.74, 6) is -1.51. The van der Waals surface area contributed by atoms with Crippen LogP contribution >= 0.6 is 0 Å². The first-order chi connectivity index (χ1) is 8.38. The van der Waals surface area contributed by atoms with Gasteiger partial charge in [-0.15, -0.1) is 0 Å². The normalized spacial score (nSPS) is 9.94. The molecule has 0 spiro atoms. The smallest absolute Gasteiger partial charge is 0.378 e. The first-order valence-electron chi connectivity index (χ1n) is 5.17. The van der Waals surface area contributed by atoms with Gasteiger partial charge in [-0.2, -0.15) is 0 Å². The third-order valence-corrected chi connectivity index (χ3v) is 2.17. The fraction of sp³-hybridized carbons (Fsp3) is 0.400. The third kappa shape index (κ3) is 2.65. The molecule has 18 heavy (non-hydrogen) atoms. The van der Waals surface area contributed by atoms with Crippen molar-refractivity contribution in [3.8, 4) is 0 Å². The number of nitro groups is 1. The molecule has 0 aliphatic rings. The molecule has 1 amide bonds. The van der Waals surface area contributed by atoms with Gasteiger partial charge in [-0.1, -0.05) is 0 Å². The number of ether oxygens (including phenoxy) is 1. The lowest BCUT2D eigenvalue weighted by Gasteiger charge is -2.01. The van der Waals surface area contributed by atoms with E-state index in [4.69, 9.17) is 4.74 Å². The summed E-state index contributed by atoms with van der Waals surface area (Å²) >= 11 is 0. The Hall–Kier alpha value is -2.38. The lowest BCUT2D eigenvalue weighted by Crippen LogP contribution is -2.11. The highest BCUT2D eigenvalue weighted by Crippen LogP contribution is 2.28. The second kappa shape index (κ2) is 5.30. The van der Waals surface area contributed by atoms with Gasteiger partial charge >= 0.3 is 11.8 Å². The molecule has 1 aromatic rings. The Morgan fingerprint density at radius 3 is 2.61 bits per heavy atom. The van der Waals surface area contributed by atoms with E-state index in [0.29, 0.717) is 0 Å². The van der Waals surface area contributed by atoms with E-state index < -0.39 is 16.8 Å². The van der Waals surface area contributed by atoms with E-state index in [0.717, 1.165) is 4.57 Å². The van der Waals surface area contributed by atoms with E-state index in [1.54, 1.807) is 6.92 Å². The molecular weight excluding hydrogens is 242 g/mol. The van der Waals surface area contributed by atoms with Gasteiger partial charge < -0.3 is 20.2 Å². The predicted octanol–water partition coefficient (Wildman–Crippen LogP) is 1.07. The highest BCUT2D eigenvalue weighted by Gasteiger charge is 2.28. The Morgan fingerprint density at radius 1 is 1.56 bits per heavy atom. The molecule has 1 N–H and O–H groups in total. The molecule has 1 rings (SSSR count). The average Bonchev–Trinajstić information content (AvgIpc) is 2.54. The second-order valence-electron chi connectivity index (χ2n) is 3.48. The summed E-state index contributed by atoms with van der Waals surface area (Å²) in [4.78, 5) is 32.7. The minimum Gasteiger partial charge on any atom is -0.460 e. The summed E-state index contributed by atoms with van der Waals surface area (Å²) in [6, 6.07) is 1.22. The van der Waals surface area contributed by atoms with E-state index in [-0.39, 0.29) is 23.8 Å². The molecule has 0 aliphatic heterocycles. The number of carbonyl (C=O) groups excluding carboxylic acids is 2. The van der Waals surface area contributed by atoms with Gasteiger partial charge in [0.25, 0.3) is 0 Å². The maximum absolute atomic E-state index is 11.6. The summed E-state index contributed by atoms with van der Waals surface area (Å²) in [7, 11) is 1.36. The molecule has 0 saturated heterocycles. The number of rotatable bonds is 4. The molecule has 1 heterocycles. The van der Waals surface area contributed by atoms with Gasteiger partial charge in [-0.25, -0.2) is 9.36 Å². The second-order valence-corrected chi connectivity index (χ2v) is 3.48. The Kier molecular flexibility index (Phi) is 4.03. The first-order valence-corrected chi connectivity index (χ1v) is 5.17. The molecule has 0 aromatic carbocycles. The van der Waals surface area contributed by atoms with Crippen LogP contribution in [0.5, 0.6) is 0 Å². The topological polar surface area (TPSA) is 103 Å². The van der Waals surface area contributed by atoms with Crippen LogP contribution in [0.3, 0.4) is 0 Å². The van der Waals surface area contributed by atoms with Crippen molar-refractivity contribution >= 4 is 23.4 Å². The molecule has 98 valence electrons. The number of nitrogens with zero attached hydrogens (tertiary/aromatic N) is 2. The van der Waals surface area contributed by atoms with Gasteiger partial charge in [0.2, 0.25) is 11.6 Å². The van der Waals surface area contributed by atoms with Crippen LogP contribution < -0.4 is 5.32 Å². The Bertz CT molecular complexity index is 506. The maximum atomic E-state index is 11.6. The first kappa shape index (κ1) is 13.7. The van der Waals surface area contributed by atoms with Crippen LogP contribution in [0.2, 0.25) is 0 Å². The third-order valence-electron chi connectivity index (χ3n) is 2.17. The Morgan fingerprint density at radius 2 is 2.17 bits per heavy atom. The lowest BCUT2D eigenvalue weighted by atomic mass is 10.4. The number of hydrogen-bond acceptors (Lipinski definition) is 5. The van der Waals surface area contributed by atoms with Gasteiger partial charge in [-0.05, 0) is 11.8 Å². The summed E-state index contributed by atoms with van der Waals surface area (Å²) in [6.07, 6.45) is 0. The molecule has 0 bridgehead atoms. The van der Waals surface area contributed by atoms with Gasteiger partial charge in [0, 0.05) is 13.0 Å². The van der Waals surface area contributed by atoms with Crippen molar-refractivity contribution in [2.24, 2.45) is 7.05 Å². The van der Waals surface area contributed by atoms with Crippen LogP contribution in [0.15, 0.2) is 6.07 Å². The molecular formula is C10H13N3O5. The van der Waals surface area contributed by atoms with Crippen LogP contribution in [0.4, 0.5) is 11.5 Å². The molecule has 0 atom stereocenters. The predicted molar refractivity (Wildman–Crippen MR) is 62.3 cm³/mol. The monoisotopic (exact) mass is 255 g/mol. The minimum absolute atomic E-state index is 0.00676. The average molecular weight is 255 g/mol. The Balaban J connectivity index is 3.27. The van der Waals surface area contributed by atoms with Crippen LogP contribution in [0.1, 0.15) is 24.3 Å². The van der Waals surface area contributed by atoms with Crippen molar-refractivity contribution in [3.05, 3.63) is 21.9 Å². The zero-order chi connectivity index (χ0) is 13.9. The van der Waals surface area contributed by atoms with Crippen molar-refractivity contribution in [1.29, 1.82) is 0 Å². The summed E-state index contributed by atoms with van der Waals surface area (Å²) in [6.45, 7) is 3.01. The number of carbonyl (C=O) groups is 2. The van der Waals surface area contributed by atoms with Crippen molar-refractivity contribution in [3.63, 3.8) is 0 Å². The number of amides is 1. The Labute approximate surface area is 103 Å². The van der Waals surface area contributed by atoms with Crippen molar-refractivity contribution < 1.29 is 19.2 Å². The molecule has 1 aromatic heterocycles. The number of anilines is 1. The molecule has 8 heteroatoms. The fourth-order valence-corrected chi connectivity index (χ4v) is 1.50. The largest absolute Gasteiger partial charge is 0.460 e. The fourth-order valence-electron chi connectivity index (χ4n) is 1.50. The molecule has 0 saturated carbocycles. The van der Waals surface area contributed by atoms with Crippen molar-refractivity contribution in [2.75, 3.05) is 11.9 Å². The number of aromatic nitrogens is 1. The van der Waals surface area contributed by atoms with Gasteiger partial charge in [0.1, 0.15) is 5.69 Å². The molecule has 8 nitrogen and oxygen atoms in total. The van der Waals surface area contributed by atoms with E-state index in [1.165, 1.54) is 20.0 Å². The SMILES string of the molecule is CCOC(=O)c1cc(NC(C)=O)c([N+](=O)[O-])n1C. The number of hydrogen-bond donors (Lipinski definition) is 1. The highest BCUT2D eigenvalue weighted by molar-refractivity contribution is 5.96.